The molecule has 110 valence electrons. The maximum atomic E-state index is 12.0. The van der Waals surface area contributed by atoms with Crippen LogP contribution in [-0.2, 0) is 18.9 Å². The maximum Gasteiger partial charge on any atom is 0.338 e. The van der Waals surface area contributed by atoms with Crippen molar-refractivity contribution in [3.63, 3.8) is 0 Å². The largest absolute Gasteiger partial charge is 0.453 e. The Hall–Kier alpha value is -1.47. The number of hydrogen-bond acceptors (Lipinski definition) is 6. The van der Waals surface area contributed by atoms with Crippen LogP contribution in [0.1, 0.15) is 10.4 Å². The molecule has 1 N–H and O–H groups in total. The molecule has 20 heavy (non-hydrogen) atoms. The minimum Gasteiger partial charge on any atom is -0.453 e. The van der Waals surface area contributed by atoms with Gasteiger partial charge in [-0.3, -0.25) is 0 Å². The predicted octanol–water partition coefficient (Wildman–Crippen LogP) is 0.591. The lowest BCUT2D eigenvalue weighted by atomic mass is 10.0. The highest BCUT2D eigenvalue weighted by atomic mass is 16.7. The van der Waals surface area contributed by atoms with Crippen molar-refractivity contribution in [1.29, 1.82) is 0 Å². The van der Waals surface area contributed by atoms with E-state index >= 15 is 0 Å². The molecule has 0 amide bonds. The minimum atomic E-state index is -0.959. The molecule has 6 heteroatoms. The molecule has 0 spiro atoms. The molecule has 6 nitrogen and oxygen atoms in total. The van der Waals surface area contributed by atoms with E-state index in [1.165, 1.54) is 14.2 Å². The van der Waals surface area contributed by atoms with Crippen molar-refractivity contribution >= 4 is 5.97 Å². The molecule has 1 heterocycles. The summed E-state index contributed by atoms with van der Waals surface area (Å²) in [5.74, 6) is -0.520. The van der Waals surface area contributed by atoms with Gasteiger partial charge in [-0.1, -0.05) is 18.2 Å². The molecule has 0 aliphatic carbocycles. The molecule has 1 fully saturated rings. The molecule has 0 saturated carbocycles. The summed E-state index contributed by atoms with van der Waals surface area (Å²) in [5.41, 5.74) is 0.412. The molecule has 1 saturated heterocycles. The molecule has 1 unspecified atom stereocenters. The quantitative estimate of drug-likeness (QED) is 0.815. The van der Waals surface area contributed by atoms with Crippen molar-refractivity contribution in [2.75, 3.05) is 20.8 Å². The SMILES string of the molecule is COC1OC[C@@H](O)[C@H](OC(=O)c2ccccc2)[C@H]1OC. The van der Waals surface area contributed by atoms with Gasteiger partial charge in [0.1, 0.15) is 12.2 Å². The highest BCUT2D eigenvalue weighted by Gasteiger charge is 2.43. The van der Waals surface area contributed by atoms with Crippen molar-refractivity contribution < 1.29 is 28.8 Å². The summed E-state index contributed by atoms with van der Waals surface area (Å²) < 4.78 is 21.0. The lowest BCUT2D eigenvalue weighted by molar-refractivity contribution is -0.267. The lowest BCUT2D eigenvalue weighted by Crippen LogP contribution is -2.56. The number of carbonyl (C=O) groups excluding carboxylic acids is 1. The van der Waals surface area contributed by atoms with Crippen molar-refractivity contribution in [3.05, 3.63) is 35.9 Å². The van der Waals surface area contributed by atoms with Gasteiger partial charge >= 0.3 is 5.97 Å². The van der Waals surface area contributed by atoms with Gasteiger partial charge in [-0.2, -0.15) is 0 Å². The van der Waals surface area contributed by atoms with Crippen molar-refractivity contribution in [3.8, 4) is 0 Å². The molecule has 1 aliphatic heterocycles. The molecular formula is C14H18O6. The van der Waals surface area contributed by atoms with Gasteiger partial charge in [-0.05, 0) is 12.1 Å². The second-order valence-electron chi connectivity index (χ2n) is 4.44. The number of hydrogen-bond donors (Lipinski definition) is 1. The van der Waals surface area contributed by atoms with E-state index < -0.39 is 30.6 Å². The second-order valence-corrected chi connectivity index (χ2v) is 4.44. The van der Waals surface area contributed by atoms with Gasteiger partial charge in [0.2, 0.25) is 0 Å². The van der Waals surface area contributed by atoms with E-state index in [4.69, 9.17) is 18.9 Å². The molecule has 0 bridgehead atoms. The summed E-state index contributed by atoms with van der Waals surface area (Å²) in [6, 6.07) is 8.57. The van der Waals surface area contributed by atoms with Crippen LogP contribution in [0.4, 0.5) is 0 Å². The Kier molecular flexibility index (Phi) is 5.08. The molecule has 1 aromatic rings. The number of benzene rings is 1. The van der Waals surface area contributed by atoms with Crippen molar-refractivity contribution in [1.82, 2.24) is 0 Å². The number of esters is 1. The Labute approximate surface area is 117 Å². The van der Waals surface area contributed by atoms with Crippen LogP contribution in [0.2, 0.25) is 0 Å². The number of rotatable bonds is 4. The maximum absolute atomic E-state index is 12.0. The number of ether oxygens (including phenoxy) is 4. The highest BCUT2D eigenvalue weighted by molar-refractivity contribution is 5.89. The average Bonchev–Trinajstić information content (AvgIpc) is 2.49. The Balaban J connectivity index is 2.10. The number of aliphatic hydroxyl groups excluding tert-OH is 1. The third kappa shape index (κ3) is 3.16. The average molecular weight is 282 g/mol. The number of methoxy groups -OCH3 is 2. The van der Waals surface area contributed by atoms with Gasteiger partial charge in [-0.15, -0.1) is 0 Å². The van der Waals surface area contributed by atoms with Crippen LogP contribution >= 0.6 is 0 Å². The van der Waals surface area contributed by atoms with Gasteiger partial charge in [0.15, 0.2) is 12.4 Å². The van der Waals surface area contributed by atoms with Crippen LogP contribution < -0.4 is 0 Å². The first-order valence-electron chi connectivity index (χ1n) is 6.28. The van der Waals surface area contributed by atoms with Crippen LogP contribution in [0.5, 0.6) is 0 Å². The zero-order valence-corrected chi connectivity index (χ0v) is 11.4. The van der Waals surface area contributed by atoms with E-state index in [2.05, 4.69) is 0 Å². The lowest BCUT2D eigenvalue weighted by Gasteiger charge is -2.38. The van der Waals surface area contributed by atoms with Gasteiger partial charge in [-0.25, -0.2) is 4.79 Å². The first-order chi connectivity index (χ1) is 9.67. The summed E-state index contributed by atoms with van der Waals surface area (Å²) >= 11 is 0. The molecule has 1 aliphatic rings. The number of aliphatic hydroxyl groups is 1. The van der Waals surface area contributed by atoms with E-state index in [9.17, 15) is 9.90 Å². The summed E-state index contributed by atoms with van der Waals surface area (Å²) in [7, 11) is 2.91. The third-order valence-electron chi connectivity index (χ3n) is 3.16. The van der Waals surface area contributed by atoms with E-state index in [1.54, 1.807) is 30.3 Å². The molecule has 0 aromatic heterocycles. The normalized spacial score (nSPS) is 29.9. The van der Waals surface area contributed by atoms with Gasteiger partial charge < -0.3 is 24.1 Å². The smallest absolute Gasteiger partial charge is 0.338 e. The van der Waals surface area contributed by atoms with Gasteiger partial charge in [0, 0.05) is 14.2 Å². The predicted molar refractivity (Wildman–Crippen MR) is 69.2 cm³/mol. The van der Waals surface area contributed by atoms with Crippen LogP contribution in [-0.4, -0.2) is 56.5 Å². The minimum absolute atomic E-state index is 0.0190. The standard InChI is InChI=1S/C14H18O6/c1-17-12-11(10(15)8-19-14(12)18-2)20-13(16)9-6-4-3-5-7-9/h3-7,10-12,14-15H,8H2,1-2H3/t10-,11+,12-,14?/m1/s1. The fraction of sp³-hybridized carbons (Fsp3) is 0.500. The summed E-state index contributed by atoms with van der Waals surface area (Å²) in [4.78, 5) is 12.0. The van der Waals surface area contributed by atoms with Crippen LogP contribution in [0.3, 0.4) is 0 Å². The number of carbonyl (C=O) groups is 1. The summed E-state index contributed by atoms with van der Waals surface area (Å²) in [6.45, 7) is 0.0190. The van der Waals surface area contributed by atoms with E-state index in [1.807, 2.05) is 0 Å². The van der Waals surface area contributed by atoms with E-state index in [0.717, 1.165) is 0 Å². The zero-order valence-electron chi connectivity index (χ0n) is 11.4. The van der Waals surface area contributed by atoms with Crippen molar-refractivity contribution in [2.45, 2.75) is 24.6 Å². The van der Waals surface area contributed by atoms with E-state index in [-0.39, 0.29) is 6.61 Å². The molecule has 2 rings (SSSR count). The zero-order chi connectivity index (χ0) is 14.5. The molecule has 1 aromatic carbocycles. The second kappa shape index (κ2) is 6.81. The molecule has 0 radical (unpaired) electrons. The van der Waals surface area contributed by atoms with Crippen LogP contribution in [0.25, 0.3) is 0 Å². The third-order valence-corrected chi connectivity index (χ3v) is 3.16. The first-order valence-corrected chi connectivity index (χ1v) is 6.28. The molecular weight excluding hydrogens is 264 g/mol. The van der Waals surface area contributed by atoms with Crippen molar-refractivity contribution in [2.24, 2.45) is 0 Å². The van der Waals surface area contributed by atoms with Gasteiger partial charge in [0.25, 0.3) is 0 Å². The topological polar surface area (TPSA) is 74.2 Å². The Bertz CT molecular complexity index is 435. The highest BCUT2D eigenvalue weighted by Crippen LogP contribution is 2.22. The fourth-order valence-corrected chi connectivity index (χ4v) is 2.12. The summed E-state index contributed by atoms with van der Waals surface area (Å²) in [6.07, 6.45) is -3.17. The fourth-order valence-electron chi connectivity index (χ4n) is 2.12. The molecule has 4 atom stereocenters. The Morgan fingerprint density at radius 1 is 1.20 bits per heavy atom. The van der Waals surface area contributed by atoms with Crippen LogP contribution in [0, 0.1) is 0 Å². The van der Waals surface area contributed by atoms with Crippen LogP contribution in [0.15, 0.2) is 30.3 Å². The Morgan fingerprint density at radius 2 is 1.90 bits per heavy atom. The van der Waals surface area contributed by atoms with Gasteiger partial charge in [0.05, 0.1) is 12.2 Å². The monoisotopic (exact) mass is 282 g/mol. The first kappa shape index (κ1) is 14.9. The Morgan fingerprint density at radius 3 is 2.50 bits per heavy atom. The van der Waals surface area contributed by atoms with E-state index in [0.29, 0.717) is 5.56 Å². The summed E-state index contributed by atoms with van der Waals surface area (Å²) in [5, 5.41) is 9.94.